The molecule has 0 aliphatic heterocycles. The highest BCUT2D eigenvalue weighted by molar-refractivity contribution is 7.78. The molecule has 1 nitrogen and oxygen atoms in total. The molecule has 2 saturated carbocycles. The monoisotopic (exact) mass is 195 g/mol. The molecule has 0 radical (unpaired) electrons. The molecule has 0 amide bonds. The highest BCUT2D eigenvalue weighted by Gasteiger charge is 2.61. The van der Waals surface area contributed by atoms with Crippen molar-refractivity contribution in [3.8, 4) is 0 Å². The zero-order valence-electron chi connectivity index (χ0n) is 8.63. The molecule has 0 aromatic rings. The van der Waals surface area contributed by atoms with Crippen molar-refractivity contribution in [3.05, 3.63) is 0 Å². The Morgan fingerprint density at radius 3 is 2.46 bits per heavy atom. The van der Waals surface area contributed by atoms with Crippen molar-refractivity contribution in [1.82, 2.24) is 0 Å². The first-order chi connectivity index (χ1) is 6.02. The zero-order valence-corrected chi connectivity index (χ0v) is 9.45. The summed E-state index contributed by atoms with van der Waals surface area (Å²) in [6, 6.07) is 0.443. The van der Waals surface area contributed by atoms with E-state index in [-0.39, 0.29) is 0 Å². The second-order valence-corrected chi connectivity index (χ2v) is 5.53. The van der Waals surface area contributed by atoms with E-state index in [4.69, 9.17) is 12.2 Å². The van der Waals surface area contributed by atoms with Gasteiger partial charge in [0.05, 0.1) is 11.2 Å². The summed E-state index contributed by atoms with van der Waals surface area (Å²) in [6.45, 7) is 7.16. The Balaban J connectivity index is 2.38. The normalized spacial score (nSPS) is 46.1. The SMILES string of the molecule is CC1(C)C2CCC1(C)C(N=C=S)C2. The van der Waals surface area contributed by atoms with E-state index in [1.165, 1.54) is 19.3 Å². The van der Waals surface area contributed by atoms with Crippen molar-refractivity contribution in [3.63, 3.8) is 0 Å². The molecule has 0 aromatic heterocycles. The van der Waals surface area contributed by atoms with Crippen LogP contribution in [0.25, 0.3) is 0 Å². The maximum absolute atomic E-state index is 4.71. The second-order valence-electron chi connectivity index (χ2n) is 5.35. The molecule has 2 fully saturated rings. The van der Waals surface area contributed by atoms with Gasteiger partial charge < -0.3 is 0 Å². The van der Waals surface area contributed by atoms with E-state index in [0.717, 1.165) is 5.92 Å². The molecule has 3 atom stereocenters. The standard InChI is InChI=1S/C11H17NS/c1-10(2)8-4-5-11(10,3)9(6-8)12-7-13/h8-9H,4-6H2,1-3H3. The van der Waals surface area contributed by atoms with Crippen molar-refractivity contribution >= 4 is 17.4 Å². The van der Waals surface area contributed by atoms with Gasteiger partial charge in [0.1, 0.15) is 0 Å². The second kappa shape index (κ2) is 2.65. The molecular formula is C11H17NS. The fourth-order valence-corrected chi connectivity index (χ4v) is 3.55. The number of nitrogens with zero attached hydrogens (tertiary/aromatic N) is 1. The van der Waals surface area contributed by atoms with Gasteiger partial charge in [0, 0.05) is 0 Å². The van der Waals surface area contributed by atoms with E-state index in [9.17, 15) is 0 Å². The van der Waals surface area contributed by atoms with Crippen LogP contribution in [-0.2, 0) is 0 Å². The summed E-state index contributed by atoms with van der Waals surface area (Å²) in [6.07, 6.45) is 3.93. The van der Waals surface area contributed by atoms with Crippen molar-refractivity contribution in [2.24, 2.45) is 21.7 Å². The molecule has 2 rings (SSSR count). The topological polar surface area (TPSA) is 12.4 Å². The smallest absolute Gasteiger partial charge is 0.0664 e. The van der Waals surface area contributed by atoms with Crippen LogP contribution in [0, 0.1) is 16.7 Å². The third-order valence-electron chi connectivity index (χ3n) is 4.96. The van der Waals surface area contributed by atoms with Gasteiger partial charge in [0.2, 0.25) is 0 Å². The number of rotatable bonds is 1. The molecule has 13 heavy (non-hydrogen) atoms. The predicted octanol–water partition coefficient (Wildman–Crippen LogP) is 3.30. The van der Waals surface area contributed by atoms with Gasteiger partial charge in [-0.05, 0) is 48.2 Å². The van der Waals surface area contributed by atoms with E-state index in [2.05, 4.69) is 30.9 Å². The Bertz CT molecular complexity index is 278. The quantitative estimate of drug-likeness (QED) is 0.462. The molecular weight excluding hydrogens is 178 g/mol. The highest BCUT2D eigenvalue weighted by Crippen LogP contribution is 2.66. The first-order valence-corrected chi connectivity index (χ1v) is 5.50. The van der Waals surface area contributed by atoms with E-state index in [0.29, 0.717) is 16.9 Å². The fourth-order valence-electron chi connectivity index (χ4n) is 3.42. The Morgan fingerprint density at radius 2 is 2.08 bits per heavy atom. The summed E-state index contributed by atoms with van der Waals surface area (Å²) in [5.74, 6) is 0.856. The third-order valence-corrected chi connectivity index (χ3v) is 5.06. The highest BCUT2D eigenvalue weighted by atomic mass is 32.1. The van der Waals surface area contributed by atoms with Crippen LogP contribution in [0.1, 0.15) is 40.0 Å². The maximum Gasteiger partial charge on any atom is 0.0664 e. The number of hydrogen-bond acceptors (Lipinski definition) is 2. The zero-order chi connectivity index (χ0) is 9.69. The Hall–Kier alpha value is -0.200. The number of isothiocyanates is 1. The molecule has 2 aliphatic rings. The van der Waals surface area contributed by atoms with E-state index >= 15 is 0 Å². The van der Waals surface area contributed by atoms with Crippen LogP contribution < -0.4 is 0 Å². The van der Waals surface area contributed by atoms with Gasteiger partial charge in [-0.3, -0.25) is 0 Å². The van der Waals surface area contributed by atoms with Crippen LogP contribution in [0.3, 0.4) is 0 Å². The Morgan fingerprint density at radius 1 is 1.38 bits per heavy atom. The lowest BCUT2D eigenvalue weighted by atomic mass is 9.69. The lowest BCUT2D eigenvalue weighted by Gasteiger charge is -2.36. The van der Waals surface area contributed by atoms with Crippen LogP contribution in [0.4, 0.5) is 0 Å². The molecule has 2 aliphatic carbocycles. The average Bonchev–Trinajstić information content (AvgIpc) is 2.37. The summed E-state index contributed by atoms with van der Waals surface area (Å²) < 4.78 is 0. The average molecular weight is 195 g/mol. The third kappa shape index (κ3) is 0.992. The van der Waals surface area contributed by atoms with E-state index in [1.807, 2.05) is 0 Å². The fraction of sp³-hybridized carbons (Fsp3) is 0.909. The molecule has 0 saturated heterocycles. The number of aliphatic imine (C=N–C) groups is 1. The van der Waals surface area contributed by atoms with Crippen LogP contribution in [-0.4, -0.2) is 11.2 Å². The predicted molar refractivity (Wildman–Crippen MR) is 58.0 cm³/mol. The number of hydrogen-bond donors (Lipinski definition) is 0. The van der Waals surface area contributed by atoms with E-state index in [1.54, 1.807) is 0 Å². The summed E-state index contributed by atoms with van der Waals surface area (Å²) in [7, 11) is 0. The summed E-state index contributed by atoms with van der Waals surface area (Å²) in [4.78, 5) is 4.34. The van der Waals surface area contributed by atoms with Crippen molar-refractivity contribution in [2.45, 2.75) is 46.1 Å². The molecule has 0 spiro atoms. The largest absolute Gasteiger partial charge is 0.229 e. The minimum atomic E-state index is 0.378. The van der Waals surface area contributed by atoms with Gasteiger partial charge in [-0.25, -0.2) is 4.99 Å². The molecule has 72 valence electrons. The minimum absolute atomic E-state index is 0.378. The van der Waals surface area contributed by atoms with Crippen LogP contribution in [0.5, 0.6) is 0 Å². The molecule has 2 bridgehead atoms. The van der Waals surface area contributed by atoms with Crippen LogP contribution >= 0.6 is 12.2 Å². The van der Waals surface area contributed by atoms with Gasteiger partial charge in [-0.1, -0.05) is 20.8 Å². The summed E-state index contributed by atoms with van der Waals surface area (Å²) in [5.41, 5.74) is 0.830. The Kier molecular flexibility index (Phi) is 1.91. The van der Waals surface area contributed by atoms with Crippen molar-refractivity contribution in [2.75, 3.05) is 0 Å². The lowest BCUT2D eigenvalue weighted by Crippen LogP contribution is -2.34. The molecule has 0 heterocycles. The van der Waals surface area contributed by atoms with Gasteiger partial charge in [-0.15, -0.1) is 0 Å². The van der Waals surface area contributed by atoms with E-state index < -0.39 is 0 Å². The van der Waals surface area contributed by atoms with Crippen LogP contribution in [0.2, 0.25) is 0 Å². The minimum Gasteiger partial charge on any atom is -0.229 e. The lowest BCUT2D eigenvalue weighted by molar-refractivity contribution is 0.137. The number of fused-ring (bicyclic) bond motifs is 2. The van der Waals surface area contributed by atoms with Crippen molar-refractivity contribution < 1.29 is 0 Å². The molecule has 0 aromatic carbocycles. The Labute approximate surface area is 85.6 Å². The first kappa shape index (κ1) is 9.36. The maximum atomic E-state index is 4.71. The van der Waals surface area contributed by atoms with Crippen LogP contribution in [0.15, 0.2) is 4.99 Å². The summed E-state index contributed by atoms with van der Waals surface area (Å²) >= 11 is 4.71. The van der Waals surface area contributed by atoms with Gasteiger partial charge in [0.25, 0.3) is 0 Å². The molecule has 3 unspecified atom stereocenters. The first-order valence-electron chi connectivity index (χ1n) is 5.09. The molecule has 0 N–H and O–H groups in total. The number of thiocarbonyl (C=S) groups is 1. The molecule has 2 heteroatoms. The van der Waals surface area contributed by atoms with Gasteiger partial charge >= 0.3 is 0 Å². The van der Waals surface area contributed by atoms with Gasteiger partial charge in [0.15, 0.2) is 0 Å². The summed E-state index contributed by atoms with van der Waals surface area (Å²) in [5, 5.41) is 2.57. The van der Waals surface area contributed by atoms with Gasteiger partial charge in [-0.2, -0.15) is 0 Å². The van der Waals surface area contributed by atoms with Crippen molar-refractivity contribution in [1.29, 1.82) is 0 Å².